The molecule has 1 aromatic heterocycles. The summed E-state index contributed by atoms with van der Waals surface area (Å²) < 4.78 is 2.17. The molecule has 4 nitrogen and oxygen atoms in total. The number of carboxylic acid groups (broad SMARTS) is 1. The third-order valence-corrected chi connectivity index (χ3v) is 5.55. The molecule has 2 heterocycles. The molecular formula is C24H26ClNO3. The summed E-state index contributed by atoms with van der Waals surface area (Å²) in [6.45, 7) is 10.8. The SMILES string of the molecule is C=C/C(Cl)=C\C=C(/C)c1c(-c2ccc(O)cc2)c2n(c1CC(=O)O)CC(C)(C)C2. The van der Waals surface area contributed by atoms with Crippen molar-refractivity contribution in [2.24, 2.45) is 5.41 Å². The summed E-state index contributed by atoms with van der Waals surface area (Å²) >= 11 is 6.08. The van der Waals surface area contributed by atoms with Gasteiger partial charge in [0.2, 0.25) is 0 Å². The number of aliphatic carboxylic acids is 1. The van der Waals surface area contributed by atoms with Crippen LogP contribution >= 0.6 is 11.6 Å². The Morgan fingerprint density at radius 2 is 1.93 bits per heavy atom. The number of halogens is 1. The van der Waals surface area contributed by atoms with E-state index in [1.807, 2.05) is 25.1 Å². The van der Waals surface area contributed by atoms with E-state index in [-0.39, 0.29) is 17.6 Å². The number of hydrogen-bond donors (Lipinski definition) is 2. The van der Waals surface area contributed by atoms with Crippen molar-refractivity contribution in [3.63, 3.8) is 0 Å². The Bertz CT molecular complexity index is 1020. The highest BCUT2D eigenvalue weighted by atomic mass is 35.5. The lowest BCUT2D eigenvalue weighted by Crippen LogP contribution is -2.16. The average Bonchev–Trinajstić information content (AvgIpc) is 3.11. The Labute approximate surface area is 176 Å². The van der Waals surface area contributed by atoms with E-state index in [0.29, 0.717) is 5.03 Å². The molecular weight excluding hydrogens is 386 g/mol. The second-order valence-electron chi connectivity index (χ2n) is 8.29. The van der Waals surface area contributed by atoms with Gasteiger partial charge in [0.15, 0.2) is 0 Å². The lowest BCUT2D eigenvalue weighted by molar-refractivity contribution is -0.136. The molecule has 0 bridgehead atoms. The van der Waals surface area contributed by atoms with Crippen molar-refractivity contribution in [2.75, 3.05) is 0 Å². The zero-order valence-electron chi connectivity index (χ0n) is 17.0. The average molecular weight is 412 g/mol. The third kappa shape index (κ3) is 4.33. The standard InChI is InChI=1S/C24H26ClNO3/c1-5-17(25)9-6-15(2)22-19(12-21(28)29)26-14-24(3,4)13-20(26)23(22)16-7-10-18(27)11-8-16/h5-11,27H,1,12-14H2,2-4H3,(H,28,29)/b15-6+,17-9+. The van der Waals surface area contributed by atoms with E-state index < -0.39 is 5.97 Å². The topological polar surface area (TPSA) is 62.5 Å². The van der Waals surface area contributed by atoms with E-state index in [9.17, 15) is 15.0 Å². The fourth-order valence-corrected chi connectivity index (χ4v) is 4.14. The molecule has 0 saturated heterocycles. The molecule has 0 radical (unpaired) electrons. The van der Waals surface area contributed by atoms with Gasteiger partial charge in [-0.1, -0.05) is 56.3 Å². The molecule has 0 fully saturated rings. The predicted molar refractivity (Wildman–Crippen MR) is 118 cm³/mol. The van der Waals surface area contributed by atoms with Gasteiger partial charge in [0.05, 0.1) is 6.42 Å². The van der Waals surface area contributed by atoms with Crippen LogP contribution in [0.25, 0.3) is 16.7 Å². The maximum absolute atomic E-state index is 11.7. The number of nitrogens with zero attached hydrogens (tertiary/aromatic N) is 1. The van der Waals surface area contributed by atoms with Crippen LogP contribution in [0.3, 0.4) is 0 Å². The van der Waals surface area contributed by atoms with Gasteiger partial charge in [0.25, 0.3) is 0 Å². The molecule has 3 rings (SSSR count). The Morgan fingerprint density at radius 1 is 1.28 bits per heavy atom. The Hall–Kier alpha value is -2.72. The van der Waals surface area contributed by atoms with Gasteiger partial charge in [-0.2, -0.15) is 0 Å². The third-order valence-electron chi connectivity index (χ3n) is 5.27. The molecule has 0 unspecified atom stereocenters. The minimum atomic E-state index is -0.860. The molecule has 0 amide bonds. The van der Waals surface area contributed by atoms with Crippen molar-refractivity contribution < 1.29 is 15.0 Å². The van der Waals surface area contributed by atoms with Gasteiger partial charge < -0.3 is 14.8 Å². The summed E-state index contributed by atoms with van der Waals surface area (Å²) in [7, 11) is 0. The largest absolute Gasteiger partial charge is 0.508 e. The fourth-order valence-electron chi connectivity index (χ4n) is 4.08. The zero-order valence-corrected chi connectivity index (χ0v) is 17.8. The first kappa shape index (κ1) is 21.0. The van der Waals surface area contributed by atoms with Gasteiger partial charge in [-0.3, -0.25) is 4.79 Å². The summed E-state index contributed by atoms with van der Waals surface area (Å²) in [4.78, 5) is 11.7. The number of aromatic nitrogens is 1. The molecule has 152 valence electrons. The molecule has 0 spiro atoms. The van der Waals surface area contributed by atoms with Crippen LogP contribution in [0.15, 0.2) is 54.1 Å². The predicted octanol–water partition coefficient (Wildman–Crippen LogP) is 5.78. The minimum absolute atomic E-state index is 0.0520. The molecule has 29 heavy (non-hydrogen) atoms. The molecule has 1 aliphatic heterocycles. The molecule has 1 aliphatic rings. The Kier molecular flexibility index (Phi) is 5.76. The number of hydrogen-bond acceptors (Lipinski definition) is 2. The first-order valence-electron chi connectivity index (χ1n) is 9.55. The first-order chi connectivity index (χ1) is 13.6. The summed E-state index contributed by atoms with van der Waals surface area (Å²) in [5, 5.41) is 19.8. The van der Waals surface area contributed by atoms with Crippen LogP contribution in [0.1, 0.15) is 37.7 Å². The van der Waals surface area contributed by atoms with Gasteiger partial charge in [0.1, 0.15) is 5.75 Å². The van der Waals surface area contributed by atoms with E-state index in [1.54, 1.807) is 24.3 Å². The van der Waals surface area contributed by atoms with Gasteiger partial charge >= 0.3 is 5.97 Å². The van der Waals surface area contributed by atoms with Crippen molar-refractivity contribution in [2.45, 2.75) is 40.2 Å². The van der Waals surface area contributed by atoms with Crippen LogP contribution in [-0.4, -0.2) is 20.7 Å². The Morgan fingerprint density at radius 3 is 2.52 bits per heavy atom. The lowest BCUT2D eigenvalue weighted by atomic mass is 9.86. The van der Waals surface area contributed by atoms with E-state index >= 15 is 0 Å². The van der Waals surface area contributed by atoms with Crippen LogP contribution in [0, 0.1) is 5.41 Å². The summed E-state index contributed by atoms with van der Waals surface area (Å²) in [6, 6.07) is 7.08. The zero-order chi connectivity index (χ0) is 21.3. The van der Waals surface area contributed by atoms with Gasteiger partial charge in [-0.05, 0) is 48.1 Å². The van der Waals surface area contributed by atoms with Crippen molar-refractivity contribution in [1.82, 2.24) is 4.57 Å². The first-order valence-corrected chi connectivity index (χ1v) is 9.93. The number of rotatable bonds is 6. The second-order valence-corrected chi connectivity index (χ2v) is 8.73. The maximum Gasteiger partial charge on any atom is 0.309 e. The van der Waals surface area contributed by atoms with Gasteiger partial charge in [-0.25, -0.2) is 0 Å². The summed E-state index contributed by atoms with van der Waals surface area (Å²) in [6.07, 6.45) is 6.02. The van der Waals surface area contributed by atoms with Crippen LogP contribution < -0.4 is 0 Å². The number of aromatic hydroxyl groups is 1. The van der Waals surface area contributed by atoms with Crippen LogP contribution in [0.2, 0.25) is 0 Å². The van der Waals surface area contributed by atoms with E-state index in [2.05, 4.69) is 25.0 Å². The van der Waals surface area contributed by atoms with Crippen LogP contribution in [-0.2, 0) is 24.2 Å². The normalized spacial score (nSPS) is 16.0. The van der Waals surface area contributed by atoms with Crippen molar-refractivity contribution >= 4 is 23.1 Å². The number of benzene rings is 1. The van der Waals surface area contributed by atoms with Crippen molar-refractivity contribution in [3.05, 3.63) is 71.1 Å². The van der Waals surface area contributed by atoms with Crippen molar-refractivity contribution in [3.8, 4) is 16.9 Å². The maximum atomic E-state index is 11.7. The summed E-state index contributed by atoms with van der Waals surface area (Å²) in [5.74, 6) is -0.661. The molecule has 0 saturated carbocycles. The number of allylic oxidation sites excluding steroid dienone is 5. The second kappa shape index (κ2) is 7.96. The quantitative estimate of drug-likeness (QED) is 0.592. The highest BCUT2D eigenvalue weighted by Gasteiger charge is 2.36. The van der Waals surface area contributed by atoms with Gasteiger partial charge in [0, 0.05) is 34.1 Å². The Balaban J connectivity index is 2.31. The summed E-state index contributed by atoms with van der Waals surface area (Å²) in [5.41, 5.74) is 5.84. The monoisotopic (exact) mass is 411 g/mol. The molecule has 2 aromatic rings. The minimum Gasteiger partial charge on any atom is -0.508 e. The van der Waals surface area contributed by atoms with Crippen LogP contribution in [0.5, 0.6) is 5.75 Å². The van der Waals surface area contributed by atoms with E-state index in [4.69, 9.17) is 11.6 Å². The highest BCUT2D eigenvalue weighted by Crippen LogP contribution is 2.45. The lowest BCUT2D eigenvalue weighted by Gasteiger charge is -2.18. The smallest absolute Gasteiger partial charge is 0.309 e. The number of fused-ring (bicyclic) bond motifs is 1. The highest BCUT2D eigenvalue weighted by molar-refractivity contribution is 6.31. The van der Waals surface area contributed by atoms with E-state index in [0.717, 1.165) is 46.6 Å². The fraction of sp³-hybridized carbons (Fsp3) is 0.292. The number of phenolic OH excluding ortho intramolecular Hbond substituents is 1. The number of carbonyl (C=O) groups is 1. The molecule has 2 N–H and O–H groups in total. The molecule has 1 aromatic carbocycles. The number of carboxylic acids is 1. The molecule has 5 heteroatoms. The number of phenols is 1. The van der Waals surface area contributed by atoms with Crippen LogP contribution in [0.4, 0.5) is 0 Å². The van der Waals surface area contributed by atoms with Crippen molar-refractivity contribution in [1.29, 1.82) is 0 Å². The van der Waals surface area contributed by atoms with Gasteiger partial charge in [-0.15, -0.1) is 0 Å². The molecule has 0 atom stereocenters. The van der Waals surface area contributed by atoms with E-state index in [1.165, 1.54) is 0 Å². The molecule has 0 aliphatic carbocycles.